The van der Waals surface area contributed by atoms with Gasteiger partial charge in [-0.25, -0.2) is 0 Å². The minimum atomic E-state index is 0.714. The number of fused-ring (bicyclic) bond motifs is 1. The third kappa shape index (κ3) is 1.13. The molecule has 1 fully saturated rings. The number of hydrogen-bond acceptors (Lipinski definition) is 0. The highest BCUT2D eigenvalue weighted by Gasteiger charge is 2.36. The summed E-state index contributed by atoms with van der Waals surface area (Å²) < 4.78 is 0. The van der Waals surface area contributed by atoms with Crippen LogP contribution in [0.1, 0.15) is 24.3 Å². The number of rotatable bonds is 1. The molecule has 0 radical (unpaired) electrons. The third-order valence-electron chi connectivity index (χ3n) is 3.49. The van der Waals surface area contributed by atoms with Gasteiger partial charge in [-0.05, 0) is 30.2 Å². The van der Waals surface area contributed by atoms with Crippen molar-refractivity contribution in [3.8, 4) is 0 Å². The van der Waals surface area contributed by atoms with Crippen LogP contribution in [0.2, 0.25) is 0 Å². The summed E-state index contributed by atoms with van der Waals surface area (Å²) in [4.78, 5) is 0. The van der Waals surface area contributed by atoms with Gasteiger partial charge in [0, 0.05) is 5.92 Å². The van der Waals surface area contributed by atoms with E-state index in [9.17, 15) is 0 Å². The monoisotopic (exact) mass is 170 g/mol. The molecule has 0 saturated heterocycles. The number of hydrogen-bond donors (Lipinski definition) is 0. The van der Waals surface area contributed by atoms with Gasteiger partial charge in [-0.2, -0.15) is 0 Å². The molecule has 1 saturated carbocycles. The minimum absolute atomic E-state index is 0.714. The molecule has 0 amide bonds. The molecule has 0 spiro atoms. The predicted octanol–water partition coefficient (Wildman–Crippen LogP) is 3.37. The molecule has 0 heteroatoms. The van der Waals surface area contributed by atoms with E-state index in [4.69, 9.17) is 0 Å². The lowest BCUT2D eigenvalue weighted by atomic mass is 9.62. The van der Waals surface area contributed by atoms with Crippen molar-refractivity contribution in [3.63, 3.8) is 0 Å². The van der Waals surface area contributed by atoms with Crippen LogP contribution in [0.5, 0.6) is 0 Å². The molecule has 0 heterocycles. The summed E-state index contributed by atoms with van der Waals surface area (Å²) in [5.41, 5.74) is 1.50. The smallest absolute Gasteiger partial charge is 0.00467 e. The largest absolute Gasteiger partial charge is 0.0848 e. The fourth-order valence-corrected chi connectivity index (χ4v) is 2.65. The molecule has 3 aliphatic carbocycles. The predicted molar refractivity (Wildman–Crippen MR) is 54.5 cm³/mol. The van der Waals surface area contributed by atoms with Gasteiger partial charge in [0.1, 0.15) is 0 Å². The van der Waals surface area contributed by atoms with Crippen LogP contribution in [0.4, 0.5) is 0 Å². The summed E-state index contributed by atoms with van der Waals surface area (Å²) in [5, 5.41) is 0. The van der Waals surface area contributed by atoms with Gasteiger partial charge in [-0.15, -0.1) is 0 Å². The van der Waals surface area contributed by atoms with Gasteiger partial charge in [0.05, 0.1) is 0 Å². The van der Waals surface area contributed by atoms with Gasteiger partial charge in [-0.1, -0.05) is 42.5 Å². The van der Waals surface area contributed by atoms with Gasteiger partial charge in [0.25, 0.3) is 0 Å². The molecule has 0 nitrogen and oxygen atoms in total. The first kappa shape index (κ1) is 7.37. The molecule has 1 aromatic rings. The first-order chi connectivity index (χ1) is 6.43. The van der Waals surface area contributed by atoms with E-state index < -0.39 is 0 Å². The Morgan fingerprint density at radius 2 is 1.69 bits per heavy atom. The average molecular weight is 170 g/mol. The van der Waals surface area contributed by atoms with E-state index in [1.54, 1.807) is 0 Å². The van der Waals surface area contributed by atoms with E-state index in [1.165, 1.54) is 18.4 Å². The second-order valence-electron chi connectivity index (χ2n) is 4.31. The molecule has 3 aliphatic rings. The van der Waals surface area contributed by atoms with Crippen LogP contribution in [-0.2, 0) is 0 Å². The lowest BCUT2D eigenvalue weighted by Crippen LogP contribution is -2.30. The second kappa shape index (κ2) is 2.73. The van der Waals surface area contributed by atoms with E-state index in [-0.39, 0.29) is 0 Å². The summed E-state index contributed by atoms with van der Waals surface area (Å²) in [6.07, 6.45) is 7.68. The maximum Gasteiger partial charge on any atom is 0.00467 e. The summed E-state index contributed by atoms with van der Waals surface area (Å²) in [7, 11) is 0. The van der Waals surface area contributed by atoms with Crippen molar-refractivity contribution in [2.45, 2.75) is 18.8 Å². The molecule has 0 unspecified atom stereocenters. The molecule has 66 valence electrons. The van der Waals surface area contributed by atoms with Crippen LogP contribution < -0.4 is 0 Å². The Bertz CT molecular complexity index is 317. The van der Waals surface area contributed by atoms with Crippen LogP contribution in [0.25, 0.3) is 0 Å². The highest BCUT2D eigenvalue weighted by Crippen LogP contribution is 2.48. The van der Waals surface area contributed by atoms with Crippen molar-refractivity contribution in [2.24, 2.45) is 11.8 Å². The number of benzene rings is 1. The van der Waals surface area contributed by atoms with Crippen molar-refractivity contribution in [2.75, 3.05) is 0 Å². The topological polar surface area (TPSA) is 0 Å². The Labute approximate surface area is 79.3 Å². The summed E-state index contributed by atoms with van der Waals surface area (Å²) >= 11 is 0. The molecule has 2 bridgehead atoms. The third-order valence-corrected chi connectivity index (χ3v) is 3.49. The van der Waals surface area contributed by atoms with Crippen LogP contribution in [0, 0.1) is 11.8 Å². The van der Waals surface area contributed by atoms with Crippen LogP contribution in [-0.4, -0.2) is 0 Å². The molecule has 4 rings (SSSR count). The number of allylic oxidation sites excluding steroid dienone is 2. The molecular formula is C13H14. The van der Waals surface area contributed by atoms with Gasteiger partial charge in [0.15, 0.2) is 0 Å². The zero-order chi connectivity index (χ0) is 8.67. The first-order valence-electron chi connectivity index (χ1n) is 5.17. The van der Waals surface area contributed by atoms with E-state index in [0.29, 0.717) is 5.92 Å². The minimum Gasteiger partial charge on any atom is -0.0848 e. The SMILES string of the molecule is C1=C[C@H](c2ccccc2)C2CC1C2. The van der Waals surface area contributed by atoms with E-state index in [1.807, 2.05) is 0 Å². The Balaban J connectivity index is 1.93. The molecular weight excluding hydrogens is 156 g/mol. The zero-order valence-corrected chi connectivity index (χ0v) is 7.69. The van der Waals surface area contributed by atoms with Crippen molar-refractivity contribution in [3.05, 3.63) is 48.0 Å². The van der Waals surface area contributed by atoms with Gasteiger partial charge < -0.3 is 0 Å². The lowest BCUT2D eigenvalue weighted by molar-refractivity contribution is 0.200. The highest BCUT2D eigenvalue weighted by atomic mass is 14.4. The summed E-state index contributed by atoms with van der Waals surface area (Å²) in [5.74, 6) is 2.58. The van der Waals surface area contributed by atoms with Crippen molar-refractivity contribution < 1.29 is 0 Å². The average Bonchev–Trinajstić information content (AvgIpc) is 2.18. The van der Waals surface area contributed by atoms with Gasteiger partial charge in [0.2, 0.25) is 0 Å². The van der Waals surface area contributed by atoms with E-state index >= 15 is 0 Å². The van der Waals surface area contributed by atoms with Gasteiger partial charge in [-0.3, -0.25) is 0 Å². The van der Waals surface area contributed by atoms with E-state index in [0.717, 1.165) is 11.8 Å². The molecule has 0 aromatic heterocycles. The van der Waals surface area contributed by atoms with E-state index in [2.05, 4.69) is 42.5 Å². The van der Waals surface area contributed by atoms with Crippen molar-refractivity contribution in [1.29, 1.82) is 0 Å². The van der Waals surface area contributed by atoms with Crippen LogP contribution in [0.3, 0.4) is 0 Å². The molecule has 0 N–H and O–H groups in total. The fraction of sp³-hybridized carbons (Fsp3) is 0.385. The van der Waals surface area contributed by atoms with Crippen molar-refractivity contribution >= 4 is 0 Å². The Morgan fingerprint density at radius 3 is 2.31 bits per heavy atom. The molecule has 1 aromatic carbocycles. The molecule has 1 atom stereocenters. The Morgan fingerprint density at radius 1 is 0.923 bits per heavy atom. The maximum atomic E-state index is 2.41. The standard InChI is InChI=1S/C13H14/c1-2-4-11(5-3-1)13-7-6-10-8-12(13)9-10/h1-7,10,12-13H,8-9H2/t10?,12?,13-/m1/s1. The molecule has 13 heavy (non-hydrogen) atoms. The molecule has 0 aliphatic heterocycles. The maximum absolute atomic E-state index is 2.41. The normalized spacial score (nSPS) is 35.5. The second-order valence-corrected chi connectivity index (χ2v) is 4.31. The Hall–Kier alpha value is -1.04. The Kier molecular flexibility index (Phi) is 1.55. The lowest BCUT2D eigenvalue weighted by Gasteiger charge is -2.42. The summed E-state index contributed by atoms with van der Waals surface area (Å²) in [6, 6.07) is 10.9. The van der Waals surface area contributed by atoms with Crippen LogP contribution >= 0.6 is 0 Å². The highest BCUT2D eigenvalue weighted by molar-refractivity contribution is 5.29. The van der Waals surface area contributed by atoms with Crippen LogP contribution in [0.15, 0.2) is 42.5 Å². The fourth-order valence-electron chi connectivity index (χ4n) is 2.65. The van der Waals surface area contributed by atoms with Crippen molar-refractivity contribution in [1.82, 2.24) is 0 Å². The summed E-state index contributed by atoms with van der Waals surface area (Å²) in [6.45, 7) is 0. The zero-order valence-electron chi connectivity index (χ0n) is 7.69. The quantitative estimate of drug-likeness (QED) is 0.567. The van der Waals surface area contributed by atoms with Gasteiger partial charge >= 0.3 is 0 Å². The first-order valence-corrected chi connectivity index (χ1v) is 5.17.